The molecule has 1 saturated carbocycles. The van der Waals surface area contributed by atoms with E-state index in [0.717, 1.165) is 50.5 Å². The third-order valence-corrected chi connectivity index (χ3v) is 7.65. The summed E-state index contributed by atoms with van der Waals surface area (Å²) in [5, 5.41) is 14.5. The smallest absolute Gasteiger partial charge is 0.321 e. The first-order valence-corrected chi connectivity index (χ1v) is 13.3. The summed E-state index contributed by atoms with van der Waals surface area (Å²) in [5.74, 6) is 2.39. The number of amides is 3. The number of nitrogens with one attached hydrogen (secondary N) is 2. The summed E-state index contributed by atoms with van der Waals surface area (Å²) in [5.41, 5.74) is 0. The molecule has 1 aliphatic carbocycles. The molecule has 2 aromatic rings. The molecule has 3 heterocycles. The molecule has 1 saturated heterocycles. The zero-order chi connectivity index (χ0) is 24.1. The molecule has 2 aliphatic rings. The molecule has 0 radical (unpaired) electrons. The highest BCUT2D eigenvalue weighted by Gasteiger charge is 2.29. The number of nitrogens with zero attached hydrogens (tertiary/aromatic N) is 4. The van der Waals surface area contributed by atoms with Crippen LogP contribution in [-0.4, -0.2) is 51.1 Å². The van der Waals surface area contributed by atoms with E-state index in [1.54, 1.807) is 13.2 Å². The van der Waals surface area contributed by atoms with Crippen molar-refractivity contribution in [2.75, 3.05) is 18.0 Å². The van der Waals surface area contributed by atoms with E-state index in [1.807, 2.05) is 16.7 Å². The van der Waals surface area contributed by atoms with Crippen LogP contribution in [0, 0.1) is 11.8 Å². The van der Waals surface area contributed by atoms with E-state index >= 15 is 0 Å². The van der Waals surface area contributed by atoms with Gasteiger partial charge in [-0.1, -0.05) is 44.9 Å². The maximum absolute atomic E-state index is 12.7. The van der Waals surface area contributed by atoms with Gasteiger partial charge >= 0.3 is 6.03 Å². The van der Waals surface area contributed by atoms with Gasteiger partial charge in [0.15, 0.2) is 5.16 Å². The van der Waals surface area contributed by atoms with Gasteiger partial charge in [0.2, 0.25) is 11.9 Å². The lowest BCUT2D eigenvalue weighted by atomic mass is 9.92. The number of hydrogen-bond donors (Lipinski definition) is 2. The van der Waals surface area contributed by atoms with Crippen LogP contribution in [0.2, 0.25) is 0 Å². The first-order chi connectivity index (χ1) is 16.4. The van der Waals surface area contributed by atoms with Gasteiger partial charge in [-0.3, -0.25) is 14.7 Å². The fourth-order valence-corrected chi connectivity index (χ4v) is 5.86. The highest BCUT2D eigenvalue weighted by atomic mass is 32.2. The number of anilines is 1. The minimum absolute atomic E-state index is 0.151. The van der Waals surface area contributed by atoms with Crippen LogP contribution in [0.15, 0.2) is 28.0 Å². The van der Waals surface area contributed by atoms with Crippen LogP contribution in [0.1, 0.15) is 65.1 Å². The number of imide groups is 1. The number of aromatic nitrogens is 3. The molecule has 2 aromatic heterocycles. The second-order valence-electron chi connectivity index (χ2n) is 9.86. The quantitative estimate of drug-likeness (QED) is 0.567. The van der Waals surface area contributed by atoms with Gasteiger partial charge in [0.25, 0.3) is 0 Å². The van der Waals surface area contributed by atoms with Crippen molar-refractivity contribution in [3.63, 3.8) is 0 Å². The summed E-state index contributed by atoms with van der Waals surface area (Å²) >= 11 is 1.30. The molecule has 0 spiro atoms. The van der Waals surface area contributed by atoms with E-state index < -0.39 is 11.3 Å². The molecule has 4 rings (SSSR count). The summed E-state index contributed by atoms with van der Waals surface area (Å²) in [6.07, 6.45) is 8.24. The molecule has 0 aromatic carbocycles. The Balaban J connectivity index is 1.44. The maximum Gasteiger partial charge on any atom is 0.321 e. The largest absolute Gasteiger partial charge is 0.467 e. The Morgan fingerprint density at radius 2 is 1.91 bits per heavy atom. The molecule has 3 amide bonds. The van der Waals surface area contributed by atoms with Crippen LogP contribution >= 0.6 is 11.8 Å². The highest BCUT2D eigenvalue weighted by Crippen LogP contribution is 2.30. The van der Waals surface area contributed by atoms with Crippen LogP contribution in [0.5, 0.6) is 0 Å². The number of rotatable bonds is 7. The van der Waals surface area contributed by atoms with Crippen LogP contribution in [0.3, 0.4) is 0 Å². The van der Waals surface area contributed by atoms with Crippen molar-refractivity contribution < 1.29 is 14.0 Å². The predicted molar refractivity (Wildman–Crippen MR) is 132 cm³/mol. The Morgan fingerprint density at radius 1 is 1.18 bits per heavy atom. The van der Waals surface area contributed by atoms with Gasteiger partial charge in [-0.25, -0.2) is 4.79 Å². The fourth-order valence-electron chi connectivity index (χ4n) is 5.02. The normalized spacial score (nSPS) is 22.4. The molecule has 2 fully saturated rings. The van der Waals surface area contributed by atoms with E-state index in [-0.39, 0.29) is 11.9 Å². The fraction of sp³-hybridized carbons (Fsp3) is 0.667. The van der Waals surface area contributed by atoms with Crippen LogP contribution < -0.4 is 15.5 Å². The highest BCUT2D eigenvalue weighted by molar-refractivity contribution is 8.00. The zero-order valence-corrected chi connectivity index (χ0v) is 21.1. The van der Waals surface area contributed by atoms with Crippen LogP contribution in [0.25, 0.3) is 0 Å². The maximum atomic E-state index is 12.7. The van der Waals surface area contributed by atoms with Gasteiger partial charge in [0.1, 0.15) is 5.76 Å². The van der Waals surface area contributed by atoms with E-state index in [2.05, 4.69) is 39.6 Å². The van der Waals surface area contributed by atoms with Gasteiger partial charge in [0, 0.05) is 19.1 Å². The Hall–Kier alpha value is -2.49. The summed E-state index contributed by atoms with van der Waals surface area (Å²) < 4.78 is 7.60. The van der Waals surface area contributed by atoms with Crippen molar-refractivity contribution in [3.05, 3.63) is 24.2 Å². The SMILES string of the molecule is CC1CC(C)CN(c2nnc(SC(C)C(=O)NC(=O)NC3CCCCC3)n2Cc2ccco2)C1. The first kappa shape index (κ1) is 24.6. The van der Waals surface area contributed by atoms with E-state index in [9.17, 15) is 9.59 Å². The van der Waals surface area contributed by atoms with Crippen molar-refractivity contribution in [2.24, 2.45) is 11.8 Å². The summed E-state index contributed by atoms with van der Waals surface area (Å²) in [7, 11) is 0. The number of furan rings is 1. The monoisotopic (exact) mass is 488 g/mol. The lowest BCUT2D eigenvalue weighted by Crippen LogP contribution is -2.47. The molecule has 1 aliphatic heterocycles. The van der Waals surface area contributed by atoms with Crippen molar-refractivity contribution in [1.29, 1.82) is 0 Å². The Kier molecular flexibility index (Phi) is 8.18. The topological polar surface area (TPSA) is 105 Å². The lowest BCUT2D eigenvalue weighted by Gasteiger charge is -2.35. The molecule has 9 nitrogen and oxygen atoms in total. The van der Waals surface area contributed by atoms with Crippen molar-refractivity contribution in [3.8, 4) is 0 Å². The predicted octanol–water partition coefficient (Wildman–Crippen LogP) is 4.04. The first-order valence-electron chi connectivity index (χ1n) is 12.4. The van der Waals surface area contributed by atoms with Crippen LogP contribution in [-0.2, 0) is 11.3 Å². The number of piperidine rings is 1. The molecular weight excluding hydrogens is 452 g/mol. The lowest BCUT2D eigenvalue weighted by molar-refractivity contribution is -0.119. The number of carbonyl (C=O) groups is 2. The molecule has 10 heteroatoms. The Morgan fingerprint density at radius 3 is 2.59 bits per heavy atom. The molecule has 3 unspecified atom stereocenters. The Labute approximate surface area is 205 Å². The van der Waals surface area contributed by atoms with Crippen molar-refractivity contribution >= 4 is 29.6 Å². The second-order valence-corrected chi connectivity index (χ2v) is 11.2. The average molecular weight is 489 g/mol. The van der Waals surface area contributed by atoms with Gasteiger partial charge < -0.3 is 14.6 Å². The molecule has 3 atom stereocenters. The third-order valence-electron chi connectivity index (χ3n) is 6.57. The summed E-state index contributed by atoms with van der Waals surface area (Å²) in [6, 6.07) is 3.51. The molecule has 0 bridgehead atoms. The number of thioether (sulfide) groups is 1. The van der Waals surface area contributed by atoms with Gasteiger partial charge in [-0.2, -0.15) is 0 Å². The Bertz CT molecular complexity index is 946. The number of hydrogen-bond acceptors (Lipinski definition) is 7. The van der Waals surface area contributed by atoms with Crippen molar-refractivity contribution in [1.82, 2.24) is 25.4 Å². The van der Waals surface area contributed by atoms with Crippen molar-refractivity contribution in [2.45, 2.75) is 82.3 Å². The minimum atomic E-state index is -0.510. The van der Waals surface area contributed by atoms with Gasteiger partial charge in [0.05, 0.1) is 18.1 Å². The van der Waals surface area contributed by atoms with E-state index in [0.29, 0.717) is 23.5 Å². The third kappa shape index (κ3) is 6.34. The standard InChI is InChI=1S/C24H36N6O3S/c1-16-12-17(2)14-29(13-16)23-27-28-24(30(23)15-20-10-7-11-33-20)34-18(3)21(31)26-22(32)25-19-8-5-4-6-9-19/h7,10-11,16-19H,4-6,8-9,12-15H2,1-3H3,(H2,25,26,31,32). The van der Waals surface area contributed by atoms with Gasteiger partial charge in [-0.05, 0) is 50.2 Å². The second kappa shape index (κ2) is 11.3. The van der Waals surface area contributed by atoms with E-state index in [1.165, 1.54) is 24.6 Å². The van der Waals surface area contributed by atoms with E-state index in [4.69, 9.17) is 4.42 Å². The number of urea groups is 1. The average Bonchev–Trinajstić information content (AvgIpc) is 3.44. The van der Waals surface area contributed by atoms with Crippen LogP contribution in [0.4, 0.5) is 10.7 Å². The summed E-state index contributed by atoms with van der Waals surface area (Å²) in [4.78, 5) is 27.3. The number of carbonyl (C=O) groups excluding carboxylic acids is 2. The summed E-state index contributed by atoms with van der Waals surface area (Å²) in [6.45, 7) is 8.62. The minimum Gasteiger partial charge on any atom is -0.467 e. The molecule has 34 heavy (non-hydrogen) atoms. The molecular formula is C24H36N6O3S. The molecule has 2 N–H and O–H groups in total. The van der Waals surface area contributed by atoms with Gasteiger partial charge in [-0.15, -0.1) is 10.2 Å². The molecule has 186 valence electrons. The zero-order valence-electron chi connectivity index (χ0n) is 20.3.